The van der Waals surface area contributed by atoms with Crippen LogP contribution < -0.4 is 5.56 Å². The molecule has 1 fully saturated rings. The lowest BCUT2D eigenvalue weighted by molar-refractivity contribution is -0.132. The number of aromatic nitrogens is 2. The summed E-state index contributed by atoms with van der Waals surface area (Å²) >= 11 is 1.37. The van der Waals surface area contributed by atoms with Gasteiger partial charge in [-0.2, -0.15) is 0 Å². The maximum Gasteiger partial charge on any atom is 0.266 e. The fourth-order valence-electron chi connectivity index (χ4n) is 4.53. The molecular formula is C25H29N3O2S. The first kappa shape index (κ1) is 21.6. The van der Waals surface area contributed by atoms with E-state index in [0.717, 1.165) is 30.8 Å². The minimum atomic E-state index is -0.333. The molecule has 162 valence electrons. The van der Waals surface area contributed by atoms with Crippen LogP contribution in [0, 0.1) is 18.8 Å². The van der Waals surface area contributed by atoms with Crippen LogP contribution in [0.15, 0.2) is 58.5 Å². The van der Waals surface area contributed by atoms with Crippen molar-refractivity contribution in [2.45, 2.75) is 44.5 Å². The number of para-hydroxylation sites is 2. The number of benzene rings is 2. The third kappa shape index (κ3) is 4.40. The molecule has 3 unspecified atom stereocenters. The summed E-state index contributed by atoms with van der Waals surface area (Å²) in [5.74, 6) is 1.13. The van der Waals surface area contributed by atoms with Crippen LogP contribution in [0.2, 0.25) is 0 Å². The average molecular weight is 436 g/mol. The number of rotatable bonds is 4. The summed E-state index contributed by atoms with van der Waals surface area (Å²) < 4.78 is 1.66. The number of hydrogen-bond donors (Lipinski definition) is 0. The Bertz CT molecular complexity index is 1160. The molecule has 0 spiro atoms. The number of carbonyl (C=O) groups excluding carboxylic acids is 1. The molecule has 0 bridgehead atoms. The van der Waals surface area contributed by atoms with Crippen LogP contribution in [0.1, 0.15) is 32.8 Å². The molecule has 0 aliphatic carbocycles. The zero-order valence-electron chi connectivity index (χ0n) is 18.5. The van der Waals surface area contributed by atoms with Crippen molar-refractivity contribution >= 4 is 28.6 Å². The zero-order chi connectivity index (χ0) is 22.1. The molecule has 1 aromatic heterocycles. The molecule has 0 N–H and O–H groups in total. The Kier molecular flexibility index (Phi) is 6.19. The van der Waals surface area contributed by atoms with Gasteiger partial charge in [-0.25, -0.2) is 4.98 Å². The lowest BCUT2D eigenvalue weighted by Gasteiger charge is -2.36. The van der Waals surface area contributed by atoms with E-state index in [2.05, 4.69) is 13.8 Å². The van der Waals surface area contributed by atoms with E-state index in [1.54, 1.807) is 10.6 Å². The minimum Gasteiger partial charge on any atom is -0.341 e. The molecule has 0 radical (unpaired) electrons. The van der Waals surface area contributed by atoms with E-state index in [4.69, 9.17) is 4.98 Å². The summed E-state index contributed by atoms with van der Waals surface area (Å²) in [4.78, 5) is 33.5. The van der Waals surface area contributed by atoms with E-state index in [1.165, 1.54) is 11.8 Å². The topological polar surface area (TPSA) is 55.2 Å². The van der Waals surface area contributed by atoms with Gasteiger partial charge >= 0.3 is 0 Å². The fraction of sp³-hybridized carbons (Fsp3) is 0.400. The van der Waals surface area contributed by atoms with E-state index in [-0.39, 0.29) is 16.7 Å². The number of nitrogens with zero attached hydrogens (tertiary/aromatic N) is 3. The van der Waals surface area contributed by atoms with Crippen molar-refractivity contribution in [3.8, 4) is 5.69 Å². The first-order valence-corrected chi connectivity index (χ1v) is 11.8. The number of thioether (sulfide) groups is 1. The van der Waals surface area contributed by atoms with Crippen molar-refractivity contribution in [2.24, 2.45) is 11.8 Å². The first-order valence-electron chi connectivity index (χ1n) is 10.9. The van der Waals surface area contributed by atoms with Crippen LogP contribution in [0.25, 0.3) is 16.6 Å². The Morgan fingerprint density at radius 3 is 2.42 bits per heavy atom. The average Bonchev–Trinajstić information content (AvgIpc) is 2.73. The van der Waals surface area contributed by atoms with Crippen LogP contribution in [0.5, 0.6) is 0 Å². The van der Waals surface area contributed by atoms with Crippen LogP contribution >= 0.6 is 11.8 Å². The van der Waals surface area contributed by atoms with Gasteiger partial charge in [0, 0.05) is 13.1 Å². The molecule has 1 saturated heterocycles. The molecule has 3 atom stereocenters. The fourth-order valence-corrected chi connectivity index (χ4v) is 5.53. The van der Waals surface area contributed by atoms with Crippen LogP contribution in [0.4, 0.5) is 0 Å². The number of amides is 1. The van der Waals surface area contributed by atoms with E-state index in [1.807, 2.05) is 61.2 Å². The number of likely N-dealkylation sites (tertiary alicyclic amines) is 1. The minimum absolute atomic E-state index is 0.109. The van der Waals surface area contributed by atoms with Gasteiger partial charge in [0.1, 0.15) is 0 Å². The number of fused-ring (bicyclic) bond motifs is 1. The quantitative estimate of drug-likeness (QED) is 0.441. The molecule has 1 aliphatic heterocycles. The molecule has 6 heteroatoms. The van der Waals surface area contributed by atoms with E-state index >= 15 is 0 Å². The van der Waals surface area contributed by atoms with Gasteiger partial charge in [0.05, 0.1) is 21.8 Å². The number of carbonyl (C=O) groups is 1. The SMILES string of the molecule is Cc1ccccc1-n1c(SC(C)C(=O)N2CC(C)CC(C)C2)nc2ccccc2c1=O. The van der Waals surface area contributed by atoms with Gasteiger partial charge in [0.15, 0.2) is 5.16 Å². The molecule has 31 heavy (non-hydrogen) atoms. The highest BCUT2D eigenvalue weighted by Gasteiger charge is 2.30. The second kappa shape index (κ2) is 8.87. The standard InChI is InChI=1S/C25H29N3O2S/c1-16-13-17(2)15-27(14-16)23(29)19(4)31-25-26-21-11-7-6-10-20(21)24(30)28(25)22-12-8-5-9-18(22)3/h5-12,16-17,19H,13-15H2,1-4H3. The Labute approximate surface area is 187 Å². The van der Waals surface area contributed by atoms with Gasteiger partial charge in [-0.15, -0.1) is 0 Å². The molecule has 5 nitrogen and oxygen atoms in total. The summed E-state index contributed by atoms with van der Waals surface area (Å²) in [5, 5.41) is 0.797. The van der Waals surface area contributed by atoms with Gasteiger partial charge in [-0.1, -0.05) is 55.9 Å². The smallest absolute Gasteiger partial charge is 0.266 e. The van der Waals surface area contributed by atoms with Crippen LogP contribution in [-0.2, 0) is 4.79 Å². The Morgan fingerprint density at radius 1 is 1.06 bits per heavy atom. The molecule has 1 aliphatic rings. The number of hydrogen-bond acceptors (Lipinski definition) is 4. The zero-order valence-corrected chi connectivity index (χ0v) is 19.4. The van der Waals surface area contributed by atoms with Crippen molar-refractivity contribution in [3.05, 3.63) is 64.4 Å². The van der Waals surface area contributed by atoms with Gasteiger partial charge in [0.2, 0.25) is 5.91 Å². The molecule has 0 saturated carbocycles. The predicted octanol–water partition coefficient (Wildman–Crippen LogP) is 4.68. The predicted molar refractivity (Wildman–Crippen MR) is 127 cm³/mol. The highest BCUT2D eigenvalue weighted by molar-refractivity contribution is 8.00. The monoisotopic (exact) mass is 435 g/mol. The maximum atomic E-state index is 13.5. The highest BCUT2D eigenvalue weighted by Crippen LogP contribution is 2.29. The Morgan fingerprint density at radius 2 is 1.71 bits per heavy atom. The third-order valence-corrected chi connectivity index (χ3v) is 6.95. The van der Waals surface area contributed by atoms with Crippen molar-refractivity contribution in [1.29, 1.82) is 0 Å². The normalized spacial score (nSPS) is 20.1. The van der Waals surface area contributed by atoms with Gasteiger partial charge in [-0.05, 0) is 55.9 Å². The summed E-state index contributed by atoms with van der Waals surface area (Å²) in [5.41, 5.74) is 2.33. The Hall–Kier alpha value is -2.60. The van der Waals surface area contributed by atoms with Crippen molar-refractivity contribution in [1.82, 2.24) is 14.5 Å². The lowest BCUT2D eigenvalue weighted by Crippen LogP contribution is -2.45. The summed E-state index contributed by atoms with van der Waals surface area (Å²) in [7, 11) is 0. The molecule has 2 aromatic carbocycles. The van der Waals surface area contributed by atoms with E-state index < -0.39 is 0 Å². The van der Waals surface area contributed by atoms with E-state index in [0.29, 0.717) is 27.9 Å². The van der Waals surface area contributed by atoms with Gasteiger partial charge in [-0.3, -0.25) is 14.2 Å². The first-order chi connectivity index (χ1) is 14.8. The second-order valence-corrected chi connectivity index (χ2v) is 10.1. The molecule has 2 heterocycles. The lowest BCUT2D eigenvalue weighted by atomic mass is 9.92. The number of aryl methyl sites for hydroxylation is 1. The van der Waals surface area contributed by atoms with Crippen molar-refractivity contribution in [2.75, 3.05) is 13.1 Å². The van der Waals surface area contributed by atoms with Gasteiger partial charge in [0.25, 0.3) is 5.56 Å². The third-order valence-electron chi connectivity index (χ3n) is 5.91. The van der Waals surface area contributed by atoms with Crippen LogP contribution in [-0.4, -0.2) is 38.7 Å². The molecule has 1 amide bonds. The molecule has 4 rings (SSSR count). The van der Waals surface area contributed by atoms with Crippen molar-refractivity contribution < 1.29 is 4.79 Å². The van der Waals surface area contributed by atoms with Crippen LogP contribution in [0.3, 0.4) is 0 Å². The second-order valence-electron chi connectivity index (χ2n) is 8.79. The maximum absolute atomic E-state index is 13.5. The summed E-state index contributed by atoms with van der Waals surface area (Å²) in [6.07, 6.45) is 1.16. The van der Waals surface area contributed by atoms with E-state index in [9.17, 15) is 9.59 Å². The summed E-state index contributed by atoms with van der Waals surface area (Å²) in [6, 6.07) is 15.2. The summed E-state index contributed by atoms with van der Waals surface area (Å²) in [6.45, 7) is 9.90. The molecule has 3 aromatic rings. The Balaban J connectivity index is 1.74. The number of piperidine rings is 1. The molecular weight excluding hydrogens is 406 g/mol. The van der Waals surface area contributed by atoms with Gasteiger partial charge < -0.3 is 4.90 Å². The highest BCUT2D eigenvalue weighted by atomic mass is 32.2. The van der Waals surface area contributed by atoms with Crippen molar-refractivity contribution in [3.63, 3.8) is 0 Å². The largest absolute Gasteiger partial charge is 0.341 e.